The van der Waals surface area contributed by atoms with Crippen molar-refractivity contribution in [1.29, 1.82) is 0 Å². The molecule has 0 saturated carbocycles. The summed E-state index contributed by atoms with van der Waals surface area (Å²) in [6.07, 6.45) is 0. The van der Waals surface area contributed by atoms with Gasteiger partial charge in [-0.25, -0.2) is 4.79 Å². The molecule has 0 amide bonds. The van der Waals surface area contributed by atoms with E-state index in [-0.39, 0.29) is 5.84 Å². The van der Waals surface area contributed by atoms with E-state index in [2.05, 4.69) is 9.99 Å². The molecular formula is C9H8N2O2. The van der Waals surface area contributed by atoms with Crippen molar-refractivity contribution in [2.75, 3.05) is 0 Å². The molecule has 13 heavy (non-hydrogen) atoms. The van der Waals surface area contributed by atoms with Crippen LogP contribution in [0.25, 0.3) is 0 Å². The number of benzene rings is 1. The number of rotatable bonds is 1. The first-order chi connectivity index (χ1) is 6.29. The number of nitrogens with zero attached hydrogens (tertiary/aromatic N) is 1. The van der Waals surface area contributed by atoms with Gasteiger partial charge in [-0.1, -0.05) is 35.5 Å². The Morgan fingerprint density at radius 1 is 1.31 bits per heavy atom. The number of hydrogen-bond acceptors (Lipinski definition) is 4. The van der Waals surface area contributed by atoms with Crippen LogP contribution >= 0.6 is 0 Å². The number of amidine groups is 1. The minimum absolute atomic E-state index is 0.219. The summed E-state index contributed by atoms with van der Waals surface area (Å²) in [7, 11) is 0. The Balaban J connectivity index is 2.36. The van der Waals surface area contributed by atoms with Gasteiger partial charge in [0, 0.05) is 0 Å². The molecule has 0 radical (unpaired) electrons. The van der Waals surface area contributed by atoms with E-state index in [0.29, 0.717) is 0 Å². The van der Waals surface area contributed by atoms with Crippen LogP contribution in [0.5, 0.6) is 0 Å². The van der Waals surface area contributed by atoms with Crippen molar-refractivity contribution >= 4 is 11.8 Å². The van der Waals surface area contributed by atoms with Crippen molar-refractivity contribution < 1.29 is 9.63 Å². The number of carbonyl (C=O) groups is 1. The molecule has 0 fully saturated rings. The fraction of sp³-hybridized carbons (Fsp3) is 0.111. The number of hydrogen-bond donors (Lipinski definition) is 1. The fourth-order valence-corrected chi connectivity index (χ4v) is 1.28. The number of nitrogens with two attached hydrogens (primary N) is 1. The monoisotopic (exact) mass is 176 g/mol. The summed E-state index contributed by atoms with van der Waals surface area (Å²) in [6.45, 7) is 0. The average Bonchev–Trinajstić information content (AvgIpc) is 2.48. The van der Waals surface area contributed by atoms with Crippen LogP contribution in [0.15, 0.2) is 35.5 Å². The molecule has 1 heterocycles. The third-order valence-electron chi connectivity index (χ3n) is 1.91. The summed E-state index contributed by atoms with van der Waals surface area (Å²) in [6, 6.07) is 9.19. The van der Waals surface area contributed by atoms with Crippen LogP contribution in [0.1, 0.15) is 11.5 Å². The van der Waals surface area contributed by atoms with Gasteiger partial charge in [0.1, 0.15) is 5.92 Å². The van der Waals surface area contributed by atoms with Crippen molar-refractivity contribution in [1.82, 2.24) is 0 Å². The maximum atomic E-state index is 11.2. The van der Waals surface area contributed by atoms with Gasteiger partial charge in [-0.15, -0.1) is 0 Å². The zero-order valence-electron chi connectivity index (χ0n) is 6.81. The Kier molecular flexibility index (Phi) is 1.73. The number of carbonyl (C=O) groups excluding carboxylic acids is 1. The van der Waals surface area contributed by atoms with Crippen molar-refractivity contribution in [2.45, 2.75) is 5.92 Å². The van der Waals surface area contributed by atoms with Crippen LogP contribution in [0.2, 0.25) is 0 Å². The first-order valence-corrected chi connectivity index (χ1v) is 3.88. The molecule has 4 nitrogen and oxygen atoms in total. The Bertz CT molecular complexity index is 359. The molecule has 1 aliphatic rings. The lowest BCUT2D eigenvalue weighted by molar-refractivity contribution is -0.141. The van der Waals surface area contributed by atoms with Crippen LogP contribution in [-0.2, 0) is 9.63 Å². The normalized spacial score (nSPS) is 21.1. The van der Waals surface area contributed by atoms with Gasteiger partial charge in [0.25, 0.3) is 0 Å². The van der Waals surface area contributed by atoms with Gasteiger partial charge in [-0.2, -0.15) is 0 Å². The van der Waals surface area contributed by atoms with Crippen molar-refractivity contribution in [3.05, 3.63) is 35.9 Å². The molecule has 1 atom stereocenters. The van der Waals surface area contributed by atoms with Crippen molar-refractivity contribution in [3.63, 3.8) is 0 Å². The summed E-state index contributed by atoms with van der Waals surface area (Å²) in [5.41, 5.74) is 6.32. The zero-order chi connectivity index (χ0) is 9.26. The summed E-state index contributed by atoms with van der Waals surface area (Å²) in [5.74, 6) is -0.721. The molecule has 0 bridgehead atoms. The Labute approximate surface area is 75.0 Å². The molecule has 4 heteroatoms. The highest BCUT2D eigenvalue weighted by Gasteiger charge is 2.32. The summed E-state index contributed by atoms with van der Waals surface area (Å²) in [5, 5.41) is 3.42. The van der Waals surface area contributed by atoms with E-state index < -0.39 is 11.9 Å². The van der Waals surface area contributed by atoms with Gasteiger partial charge in [0.15, 0.2) is 5.84 Å². The highest BCUT2D eigenvalue weighted by molar-refractivity contribution is 6.08. The van der Waals surface area contributed by atoms with E-state index in [9.17, 15) is 4.79 Å². The smallest absolute Gasteiger partial charge is 0.350 e. The van der Waals surface area contributed by atoms with E-state index >= 15 is 0 Å². The van der Waals surface area contributed by atoms with Crippen LogP contribution in [0.3, 0.4) is 0 Å². The predicted molar refractivity (Wildman–Crippen MR) is 46.9 cm³/mol. The van der Waals surface area contributed by atoms with Crippen LogP contribution in [-0.4, -0.2) is 11.8 Å². The van der Waals surface area contributed by atoms with Gasteiger partial charge < -0.3 is 10.6 Å². The Hall–Kier alpha value is -1.84. The summed E-state index contributed by atoms with van der Waals surface area (Å²) < 4.78 is 0. The summed E-state index contributed by atoms with van der Waals surface area (Å²) >= 11 is 0. The Morgan fingerprint density at radius 3 is 2.54 bits per heavy atom. The van der Waals surface area contributed by atoms with Crippen molar-refractivity contribution in [3.8, 4) is 0 Å². The molecule has 2 N–H and O–H groups in total. The van der Waals surface area contributed by atoms with Gasteiger partial charge in [0.05, 0.1) is 0 Å². The molecule has 0 unspecified atom stereocenters. The minimum Gasteiger partial charge on any atom is -0.383 e. The molecule has 66 valence electrons. The molecule has 0 saturated heterocycles. The quantitative estimate of drug-likeness (QED) is 0.637. The van der Waals surface area contributed by atoms with Crippen LogP contribution < -0.4 is 5.73 Å². The second-order valence-corrected chi connectivity index (χ2v) is 2.77. The first kappa shape index (κ1) is 7.79. The lowest BCUT2D eigenvalue weighted by atomic mass is 9.99. The van der Waals surface area contributed by atoms with Gasteiger partial charge in [0.2, 0.25) is 0 Å². The largest absolute Gasteiger partial charge is 0.383 e. The molecule has 1 aromatic carbocycles. The van der Waals surface area contributed by atoms with E-state index in [1.165, 1.54) is 0 Å². The van der Waals surface area contributed by atoms with Gasteiger partial charge >= 0.3 is 5.97 Å². The third kappa shape index (κ3) is 1.26. The highest BCUT2D eigenvalue weighted by Crippen LogP contribution is 2.21. The van der Waals surface area contributed by atoms with E-state index in [0.717, 1.165) is 5.56 Å². The second kappa shape index (κ2) is 2.90. The Morgan fingerprint density at radius 2 is 2.00 bits per heavy atom. The highest BCUT2D eigenvalue weighted by atomic mass is 16.7. The molecule has 1 aromatic rings. The van der Waals surface area contributed by atoms with Crippen molar-refractivity contribution in [2.24, 2.45) is 10.9 Å². The maximum absolute atomic E-state index is 11.2. The lowest BCUT2D eigenvalue weighted by Gasteiger charge is -2.04. The number of oxime groups is 1. The molecule has 0 aromatic heterocycles. The molecule has 0 spiro atoms. The lowest BCUT2D eigenvalue weighted by Crippen LogP contribution is -2.22. The van der Waals surface area contributed by atoms with Gasteiger partial charge in [-0.3, -0.25) is 0 Å². The third-order valence-corrected chi connectivity index (χ3v) is 1.91. The SMILES string of the molecule is NC1=NOC(=O)[C@H]1c1ccccc1. The average molecular weight is 176 g/mol. The fourth-order valence-electron chi connectivity index (χ4n) is 1.28. The standard InChI is InChI=1S/C9H8N2O2/c10-8-7(9(12)13-11-8)6-4-2-1-3-5-6/h1-5,7H,(H2,10,11)/t7-/m0/s1. The first-order valence-electron chi connectivity index (χ1n) is 3.88. The van der Waals surface area contributed by atoms with E-state index in [4.69, 9.17) is 5.73 Å². The topological polar surface area (TPSA) is 64.7 Å². The molecule has 1 aliphatic heterocycles. The molecular weight excluding hydrogens is 168 g/mol. The van der Waals surface area contributed by atoms with Gasteiger partial charge in [-0.05, 0) is 5.56 Å². The molecule has 0 aliphatic carbocycles. The molecule has 2 rings (SSSR count). The van der Waals surface area contributed by atoms with E-state index in [1.54, 1.807) is 0 Å². The summed E-state index contributed by atoms with van der Waals surface area (Å²) in [4.78, 5) is 15.6. The van der Waals surface area contributed by atoms with Crippen LogP contribution in [0, 0.1) is 0 Å². The van der Waals surface area contributed by atoms with E-state index in [1.807, 2.05) is 30.3 Å². The second-order valence-electron chi connectivity index (χ2n) is 2.77. The minimum atomic E-state index is -0.527. The zero-order valence-corrected chi connectivity index (χ0v) is 6.81. The maximum Gasteiger partial charge on any atom is 0.350 e. The van der Waals surface area contributed by atoms with Crippen LogP contribution in [0.4, 0.5) is 0 Å². The predicted octanol–water partition coefficient (Wildman–Crippen LogP) is 0.599.